The standard InChI is InChI=1S/C16H11N3/c17-11-12-5-4-8-14(9-12)16-10-15(18-19-16)13-6-2-1-3-7-13/h1-10H,(H,18,19). The molecule has 3 aromatic rings. The van der Waals surface area contributed by atoms with Gasteiger partial charge in [0.15, 0.2) is 0 Å². The number of aromatic nitrogens is 2. The summed E-state index contributed by atoms with van der Waals surface area (Å²) in [7, 11) is 0. The Hall–Kier alpha value is -2.86. The van der Waals surface area contributed by atoms with Crippen LogP contribution in [-0.4, -0.2) is 10.2 Å². The van der Waals surface area contributed by atoms with Crippen LogP contribution in [0.3, 0.4) is 0 Å². The lowest BCUT2D eigenvalue weighted by molar-refractivity contribution is 1.10. The first-order valence-electron chi connectivity index (χ1n) is 5.98. The zero-order valence-electron chi connectivity index (χ0n) is 10.2. The van der Waals surface area contributed by atoms with E-state index < -0.39 is 0 Å². The van der Waals surface area contributed by atoms with Crippen molar-refractivity contribution in [1.29, 1.82) is 5.26 Å². The van der Waals surface area contributed by atoms with Crippen molar-refractivity contribution in [2.45, 2.75) is 0 Å². The highest BCUT2D eigenvalue weighted by Crippen LogP contribution is 2.23. The van der Waals surface area contributed by atoms with Gasteiger partial charge < -0.3 is 0 Å². The molecule has 0 bridgehead atoms. The second kappa shape index (κ2) is 4.79. The molecule has 19 heavy (non-hydrogen) atoms. The third-order valence-corrected chi connectivity index (χ3v) is 2.95. The zero-order valence-corrected chi connectivity index (χ0v) is 10.2. The summed E-state index contributed by atoms with van der Waals surface area (Å²) in [4.78, 5) is 0. The minimum atomic E-state index is 0.641. The highest BCUT2D eigenvalue weighted by atomic mass is 15.1. The van der Waals surface area contributed by atoms with Gasteiger partial charge in [-0.05, 0) is 23.8 Å². The molecular formula is C16H11N3. The van der Waals surface area contributed by atoms with Crippen molar-refractivity contribution < 1.29 is 0 Å². The van der Waals surface area contributed by atoms with Crippen molar-refractivity contribution >= 4 is 0 Å². The number of aromatic amines is 1. The number of rotatable bonds is 2. The van der Waals surface area contributed by atoms with Crippen molar-refractivity contribution in [1.82, 2.24) is 10.2 Å². The average Bonchev–Trinajstić information content (AvgIpc) is 2.98. The van der Waals surface area contributed by atoms with Crippen LogP contribution >= 0.6 is 0 Å². The second-order valence-electron chi connectivity index (χ2n) is 4.23. The number of H-pyrrole nitrogens is 1. The molecule has 0 aliphatic carbocycles. The molecule has 0 aliphatic heterocycles. The van der Waals surface area contributed by atoms with Crippen molar-refractivity contribution in [3.63, 3.8) is 0 Å². The molecule has 0 aliphatic rings. The third kappa shape index (κ3) is 2.24. The fraction of sp³-hybridized carbons (Fsp3) is 0. The van der Waals surface area contributed by atoms with Gasteiger partial charge in [-0.3, -0.25) is 5.10 Å². The van der Waals surface area contributed by atoms with E-state index in [0.717, 1.165) is 22.5 Å². The van der Waals surface area contributed by atoms with Crippen LogP contribution in [-0.2, 0) is 0 Å². The molecule has 1 heterocycles. The van der Waals surface area contributed by atoms with Crippen molar-refractivity contribution in [3.05, 3.63) is 66.2 Å². The Bertz CT molecular complexity index is 736. The normalized spacial score (nSPS) is 10.1. The summed E-state index contributed by atoms with van der Waals surface area (Å²) in [5.41, 5.74) is 4.49. The first kappa shape index (κ1) is 11.2. The summed E-state index contributed by atoms with van der Waals surface area (Å²) < 4.78 is 0. The molecule has 3 nitrogen and oxygen atoms in total. The predicted molar refractivity (Wildman–Crippen MR) is 74.2 cm³/mol. The lowest BCUT2D eigenvalue weighted by Crippen LogP contribution is -1.79. The number of hydrogen-bond acceptors (Lipinski definition) is 2. The molecule has 0 saturated heterocycles. The molecule has 1 aromatic heterocycles. The molecular weight excluding hydrogens is 234 g/mol. The molecule has 0 fully saturated rings. The monoisotopic (exact) mass is 245 g/mol. The number of benzene rings is 2. The summed E-state index contributed by atoms with van der Waals surface area (Å²) in [6.45, 7) is 0. The highest BCUT2D eigenvalue weighted by molar-refractivity contribution is 5.68. The number of nitriles is 1. The van der Waals surface area contributed by atoms with E-state index in [1.165, 1.54) is 0 Å². The molecule has 2 aromatic carbocycles. The van der Waals surface area contributed by atoms with Crippen LogP contribution < -0.4 is 0 Å². The highest BCUT2D eigenvalue weighted by Gasteiger charge is 2.05. The van der Waals surface area contributed by atoms with Gasteiger partial charge in [0.2, 0.25) is 0 Å². The van der Waals surface area contributed by atoms with Crippen LogP contribution in [0.25, 0.3) is 22.5 Å². The van der Waals surface area contributed by atoms with Crippen molar-refractivity contribution in [3.8, 4) is 28.6 Å². The van der Waals surface area contributed by atoms with Crippen LogP contribution in [0.1, 0.15) is 5.56 Å². The van der Waals surface area contributed by atoms with Gasteiger partial charge in [-0.1, -0.05) is 42.5 Å². The van der Waals surface area contributed by atoms with E-state index in [0.29, 0.717) is 5.56 Å². The van der Waals surface area contributed by atoms with Gasteiger partial charge in [0.25, 0.3) is 0 Å². The fourth-order valence-corrected chi connectivity index (χ4v) is 1.98. The smallest absolute Gasteiger partial charge is 0.0991 e. The second-order valence-corrected chi connectivity index (χ2v) is 4.23. The fourth-order valence-electron chi connectivity index (χ4n) is 1.98. The Morgan fingerprint density at radius 1 is 0.895 bits per heavy atom. The molecule has 90 valence electrons. The van der Waals surface area contributed by atoms with E-state index in [2.05, 4.69) is 16.3 Å². The number of hydrogen-bond donors (Lipinski definition) is 1. The largest absolute Gasteiger partial charge is 0.277 e. The maximum atomic E-state index is 8.91. The van der Waals surface area contributed by atoms with Crippen LogP contribution in [0.2, 0.25) is 0 Å². The van der Waals surface area contributed by atoms with E-state index in [-0.39, 0.29) is 0 Å². The van der Waals surface area contributed by atoms with Gasteiger partial charge in [-0.2, -0.15) is 10.4 Å². The SMILES string of the molecule is N#Cc1cccc(-c2cc(-c3ccccc3)[nH]n2)c1. The first-order valence-corrected chi connectivity index (χ1v) is 5.98. The van der Waals surface area contributed by atoms with Gasteiger partial charge in [0.05, 0.1) is 23.0 Å². The van der Waals surface area contributed by atoms with Crippen LogP contribution in [0.4, 0.5) is 0 Å². The summed E-state index contributed by atoms with van der Waals surface area (Å²) in [6.07, 6.45) is 0. The average molecular weight is 245 g/mol. The molecule has 0 amide bonds. The predicted octanol–water partition coefficient (Wildman–Crippen LogP) is 3.62. The molecule has 3 rings (SSSR count). The quantitative estimate of drug-likeness (QED) is 0.749. The third-order valence-electron chi connectivity index (χ3n) is 2.95. The molecule has 0 unspecified atom stereocenters. The van der Waals surface area contributed by atoms with Crippen LogP contribution in [0.15, 0.2) is 60.7 Å². The Kier molecular flexibility index (Phi) is 2.83. The number of nitrogens with one attached hydrogen (secondary N) is 1. The summed E-state index contributed by atoms with van der Waals surface area (Å²) in [5, 5.41) is 16.2. The van der Waals surface area contributed by atoms with Gasteiger partial charge in [-0.25, -0.2) is 0 Å². The van der Waals surface area contributed by atoms with Gasteiger partial charge in [0, 0.05) is 5.56 Å². The van der Waals surface area contributed by atoms with Crippen molar-refractivity contribution in [2.24, 2.45) is 0 Å². The van der Waals surface area contributed by atoms with E-state index in [4.69, 9.17) is 5.26 Å². The lowest BCUT2D eigenvalue weighted by atomic mass is 10.1. The Labute approximate surface area is 111 Å². The Morgan fingerprint density at radius 2 is 1.68 bits per heavy atom. The molecule has 3 heteroatoms. The molecule has 1 N–H and O–H groups in total. The van der Waals surface area contributed by atoms with Crippen molar-refractivity contribution in [2.75, 3.05) is 0 Å². The maximum Gasteiger partial charge on any atom is 0.0991 e. The van der Waals surface area contributed by atoms with Gasteiger partial charge in [0.1, 0.15) is 0 Å². The maximum absolute atomic E-state index is 8.91. The first-order chi connectivity index (χ1) is 9.36. The van der Waals surface area contributed by atoms with E-state index in [9.17, 15) is 0 Å². The number of nitrogens with zero attached hydrogens (tertiary/aromatic N) is 2. The molecule has 0 saturated carbocycles. The van der Waals surface area contributed by atoms with E-state index in [1.807, 2.05) is 54.6 Å². The van der Waals surface area contributed by atoms with Crippen LogP contribution in [0.5, 0.6) is 0 Å². The molecule has 0 spiro atoms. The summed E-state index contributed by atoms with van der Waals surface area (Å²) in [5.74, 6) is 0. The summed E-state index contributed by atoms with van der Waals surface area (Å²) in [6, 6.07) is 21.6. The minimum absolute atomic E-state index is 0.641. The lowest BCUT2D eigenvalue weighted by Gasteiger charge is -1.96. The Morgan fingerprint density at radius 3 is 2.47 bits per heavy atom. The zero-order chi connectivity index (χ0) is 13.1. The van der Waals surface area contributed by atoms with Crippen LogP contribution in [0, 0.1) is 11.3 Å². The minimum Gasteiger partial charge on any atom is -0.277 e. The Balaban J connectivity index is 2.00. The van der Waals surface area contributed by atoms with Gasteiger partial charge >= 0.3 is 0 Å². The van der Waals surface area contributed by atoms with E-state index in [1.54, 1.807) is 6.07 Å². The molecule has 0 radical (unpaired) electrons. The van der Waals surface area contributed by atoms with E-state index >= 15 is 0 Å². The topological polar surface area (TPSA) is 52.5 Å². The molecule has 0 atom stereocenters. The van der Waals surface area contributed by atoms with Gasteiger partial charge in [-0.15, -0.1) is 0 Å². The summed E-state index contributed by atoms with van der Waals surface area (Å²) >= 11 is 0.